The molecule has 0 radical (unpaired) electrons. The number of imide groups is 1. The van der Waals surface area contributed by atoms with E-state index in [9.17, 15) is 9.59 Å². The van der Waals surface area contributed by atoms with E-state index in [2.05, 4.69) is 22.1 Å². The van der Waals surface area contributed by atoms with Gasteiger partial charge in [-0.1, -0.05) is 36.4 Å². The number of carbonyl (C=O) groups excluding carboxylic acids is 2. The quantitative estimate of drug-likeness (QED) is 0.533. The van der Waals surface area contributed by atoms with Crippen LogP contribution < -0.4 is 16.1 Å². The number of hydrogen-bond acceptors (Lipinski definition) is 3. The smallest absolute Gasteiger partial charge is 0.331 e. The summed E-state index contributed by atoms with van der Waals surface area (Å²) in [5.41, 5.74) is 5.83. The molecule has 1 saturated heterocycles. The highest BCUT2D eigenvalue weighted by atomic mass is 32.1. The van der Waals surface area contributed by atoms with Crippen LogP contribution in [-0.4, -0.2) is 27.6 Å². The molecule has 1 aliphatic rings. The molecule has 3 N–H and O–H groups in total. The number of amides is 3. The van der Waals surface area contributed by atoms with Crippen molar-refractivity contribution in [2.75, 3.05) is 5.32 Å². The molecule has 2 aromatic carbocycles. The number of hydrazine groups is 1. The molecule has 3 amide bonds. The number of carbonyl (C=O) groups is 2. The fraction of sp³-hybridized carbons (Fsp3) is 0.286. The molecule has 7 heteroatoms. The molecular formula is C21H24N4O2S. The monoisotopic (exact) mass is 396 g/mol. The van der Waals surface area contributed by atoms with E-state index >= 15 is 0 Å². The molecule has 0 saturated carbocycles. The fourth-order valence-electron chi connectivity index (χ4n) is 3.30. The standard InChI is InChI=1S/C21H24N4O2S/c1-14-11-15(2)13-17(12-14)22-19(28)24-25-18(26)21(3,23-20(25)27)10-9-16-7-5-4-6-8-16/h4-8,11-13H,9-10H2,1-3H3,(H,23,27)(H2,22,24,28)/t21-/m1/s1. The lowest BCUT2D eigenvalue weighted by molar-refractivity contribution is -0.132. The summed E-state index contributed by atoms with van der Waals surface area (Å²) in [6.07, 6.45) is 1.18. The van der Waals surface area contributed by atoms with Crippen molar-refractivity contribution in [1.82, 2.24) is 15.8 Å². The Morgan fingerprint density at radius 1 is 1.11 bits per heavy atom. The molecule has 0 spiro atoms. The van der Waals surface area contributed by atoms with Gasteiger partial charge in [-0.25, -0.2) is 4.79 Å². The van der Waals surface area contributed by atoms with Crippen molar-refractivity contribution in [3.8, 4) is 0 Å². The third kappa shape index (κ3) is 4.48. The maximum Gasteiger partial charge on any atom is 0.344 e. The molecule has 146 valence electrons. The predicted molar refractivity (Wildman–Crippen MR) is 114 cm³/mol. The summed E-state index contributed by atoms with van der Waals surface area (Å²) in [5, 5.41) is 6.93. The first-order chi connectivity index (χ1) is 13.3. The Hall–Kier alpha value is -2.93. The van der Waals surface area contributed by atoms with Crippen LogP contribution in [0.3, 0.4) is 0 Å². The summed E-state index contributed by atoms with van der Waals surface area (Å²) in [7, 11) is 0. The summed E-state index contributed by atoms with van der Waals surface area (Å²) < 4.78 is 0. The molecule has 1 fully saturated rings. The van der Waals surface area contributed by atoms with Gasteiger partial charge in [-0.05, 0) is 74.7 Å². The first kappa shape index (κ1) is 19.8. The maximum atomic E-state index is 12.8. The topological polar surface area (TPSA) is 73.5 Å². The average Bonchev–Trinajstić information content (AvgIpc) is 2.83. The van der Waals surface area contributed by atoms with Gasteiger partial charge in [0.15, 0.2) is 5.11 Å². The molecular weight excluding hydrogens is 372 g/mol. The van der Waals surface area contributed by atoms with Crippen LogP contribution in [0.1, 0.15) is 30.0 Å². The Morgan fingerprint density at radius 3 is 2.39 bits per heavy atom. The number of rotatable bonds is 5. The largest absolute Gasteiger partial charge is 0.344 e. The summed E-state index contributed by atoms with van der Waals surface area (Å²) in [5.74, 6) is -0.349. The Morgan fingerprint density at radius 2 is 1.75 bits per heavy atom. The number of anilines is 1. The molecule has 0 aliphatic carbocycles. The van der Waals surface area contributed by atoms with Gasteiger partial charge >= 0.3 is 6.03 Å². The van der Waals surface area contributed by atoms with E-state index < -0.39 is 11.6 Å². The lowest BCUT2D eigenvalue weighted by Crippen LogP contribution is -2.50. The van der Waals surface area contributed by atoms with Crippen molar-refractivity contribution < 1.29 is 9.59 Å². The highest BCUT2D eigenvalue weighted by Crippen LogP contribution is 2.22. The Balaban J connectivity index is 1.63. The second kappa shape index (κ2) is 7.98. The van der Waals surface area contributed by atoms with E-state index in [4.69, 9.17) is 12.2 Å². The number of hydrogen-bond donors (Lipinski definition) is 3. The third-order valence-electron chi connectivity index (χ3n) is 4.71. The Bertz CT molecular complexity index is 896. The number of benzene rings is 2. The van der Waals surface area contributed by atoms with Gasteiger partial charge < -0.3 is 10.6 Å². The summed E-state index contributed by atoms with van der Waals surface area (Å²) in [4.78, 5) is 25.2. The van der Waals surface area contributed by atoms with Crippen molar-refractivity contribution in [2.45, 2.75) is 39.2 Å². The summed E-state index contributed by atoms with van der Waals surface area (Å²) in [6, 6.07) is 15.3. The minimum Gasteiger partial charge on any atom is -0.331 e. The van der Waals surface area contributed by atoms with Gasteiger partial charge in [0, 0.05) is 5.69 Å². The molecule has 1 aliphatic heterocycles. The Kier molecular flexibility index (Phi) is 5.65. The van der Waals surface area contributed by atoms with Crippen LogP contribution in [0.4, 0.5) is 10.5 Å². The fourth-order valence-corrected chi connectivity index (χ4v) is 3.51. The minimum atomic E-state index is -0.977. The normalized spacial score (nSPS) is 18.8. The number of aryl methyl sites for hydroxylation is 3. The zero-order valence-electron chi connectivity index (χ0n) is 16.2. The van der Waals surface area contributed by atoms with Gasteiger partial charge in [-0.2, -0.15) is 5.01 Å². The highest BCUT2D eigenvalue weighted by Gasteiger charge is 2.48. The molecule has 2 aromatic rings. The number of nitrogens with zero attached hydrogens (tertiary/aromatic N) is 1. The average molecular weight is 397 g/mol. The van der Waals surface area contributed by atoms with E-state index in [1.807, 2.05) is 56.3 Å². The lowest BCUT2D eigenvalue weighted by atomic mass is 9.93. The first-order valence-corrected chi connectivity index (χ1v) is 9.54. The van der Waals surface area contributed by atoms with Crippen LogP contribution in [0, 0.1) is 13.8 Å². The number of thiocarbonyl (C=S) groups is 1. The van der Waals surface area contributed by atoms with E-state index in [0.717, 1.165) is 27.4 Å². The van der Waals surface area contributed by atoms with Crippen LogP contribution in [0.5, 0.6) is 0 Å². The van der Waals surface area contributed by atoms with Crippen LogP contribution in [0.25, 0.3) is 0 Å². The number of nitrogens with one attached hydrogen (secondary N) is 3. The first-order valence-electron chi connectivity index (χ1n) is 9.13. The van der Waals surface area contributed by atoms with Gasteiger partial charge in [0.05, 0.1) is 0 Å². The zero-order chi connectivity index (χ0) is 20.3. The molecule has 0 unspecified atom stereocenters. The molecule has 0 aromatic heterocycles. The summed E-state index contributed by atoms with van der Waals surface area (Å²) in [6.45, 7) is 5.72. The van der Waals surface area contributed by atoms with Crippen molar-refractivity contribution >= 4 is 35.0 Å². The zero-order valence-corrected chi connectivity index (χ0v) is 17.0. The van der Waals surface area contributed by atoms with Crippen molar-refractivity contribution in [3.63, 3.8) is 0 Å². The van der Waals surface area contributed by atoms with E-state index in [1.165, 1.54) is 0 Å². The number of urea groups is 1. The molecule has 28 heavy (non-hydrogen) atoms. The van der Waals surface area contributed by atoms with E-state index in [0.29, 0.717) is 12.8 Å². The maximum absolute atomic E-state index is 12.8. The predicted octanol–water partition coefficient (Wildman–Crippen LogP) is 3.45. The third-order valence-corrected chi connectivity index (χ3v) is 4.90. The second-order valence-electron chi connectivity index (χ2n) is 7.33. The van der Waals surface area contributed by atoms with Crippen molar-refractivity contribution in [3.05, 3.63) is 65.2 Å². The second-order valence-corrected chi connectivity index (χ2v) is 7.74. The van der Waals surface area contributed by atoms with Gasteiger partial charge in [0.1, 0.15) is 5.54 Å². The van der Waals surface area contributed by atoms with E-state index in [-0.39, 0.29) is 11.0 Å². The highest BCUT2D eigenvalue weighted by molar-refractivity contribution is 7.80. The van der Waals surface area contributed by atoms with Crippen LogP contribution >= 0.6 is 12.2 Å². The van der Waals surface area contributed by atoms with Gasteiger partial charge in [-0.15, -0.1) is 0 Å². The van der Waals surface area contributed by atoms with E-state index in [1.54, 1.807) is 6.92 Å². The molecule has 1 atom stereocenters. The molecule has 3 rings (SSSR count). The van der Waals surface area contributed by atoms with Crippen LogP contribution in [0.2, 0.25) is 0 Å². The van der Waals surface area contributed by atoms with Crippen molar-refractivity contribution in [2.24, 2.45) is 0 Å². The molecule has 1 heterocycles. The van der Waals surface area contributed by atoms with Gasteiger partial charge in [0.2, 0.25) is 0 Å². The molecule has 6 nitrogen and oxygen atoms in total. The minimum absolute atomic E-state index is 0.181. The van der Waals surface area contributed by atoms with Gasteiger partial charge in [-0.3, -0.25) is 10.2 Å². The SMILES string of the molecule is Cc1cc(C)cc(NC(=S)NN2C(=O)N[C@](C)(CCc3ccccc3)C2=O)c1. The van der Waals surface area contributed by atoms with Crippen LogP contribution in [0.15, 0.2) is 48.5 Å². The van der Waals surface area contributed by atoms with Crippen molar-refractivity contribution in [1.29, 1.82) is 0 Å². The summed E-state index contributed by atoms with van der Waals surface area (Å²) >= 11 is 5.29. The molecule has 0 bridgehead atoms. The Labute approximate surface area is 170 Å². The lowest BCUT2D eigenvalue weighted by Gasteiger charge is -2.22. The van der Waals surface area contributed by atoms with Gasteiger partial charge in [0.25, 0.3) is 5.91 Å². The van der Waals surface area contributed by atoms with Crippen LogP contribution in [-0.2, 0) is 11.2 Å².